The van der Waals surface area contributed by atoms with E-state index >= 15 is 0 Å². The molecule has 0 atom stereocenters. The second-order valence-electron chi connectivity index (χ2n) is 5.94. The van der Waals surface area contributed by atoms with Gasteiger partial charge in [0, 0.05) is 5.69 Å². The van der Waals surface area contributed by atoms with Crippen molar-refractivity contribution >= 4 is 23.2 Å². The molecule has 0 aliphatic heterocycles. The van der Waals surface area contributed by atoms with Gasteiger partial charge in [-0.05, 0) is 29.3 Å². The van der Waals surface area contributed by atoms with Gasteiger partial charge in [0.05, 0.1) is 16.5 Å². The number of hydrogen-bond donors (Lipinski definition) is 1. The van der Waals surface area contributed by atoms with Crippen molar-refractivity contribution < 1.29 is 18.0 Å². The summed E-state index contributed by atoms with van der Waals surface area (Å²) in [5.41, 5.74) is 0.531. The van der Waals surface area contributed by atoms with Crippen molar-refractivity contribution in [2.75, 3.05) is 5.32 Å². The van der Waals surface area contributed by atoms with Crippen LogP contribution in [0.2, 0.25) is 5.02 Å². The Bertz CT molecular complexity index is 888. The highest BCUT2D eigenvalue weighted by atomic mass is 35.5. The van der Waals surface area contributed by atoms with E-state index in [-0.39, 0.29) is 5.69 Å². The first-order valence-corrected chi connectivity index (χ1v) is 8.51. The maximum absolute atomic E-state index is 13.1. The molecule has 0 saturated heterocycles. The summed E-state index contributed by atoms with van der Waals surface area (Å²) in [6.07, 6.45) is -4.60. The number of alkyl halides is 3. The quantitative estimate of drug-likeness (QED) is 0.571. The predicted molar refractivity (Wildman–Crippen MR) is 99.8 cm³/mol. The van der Waals surface area contributed by atoms with Crippen molar-refractivity contribution in [2.24, 2.45) is 0 Å². The Balaban J connectivity index is 1.95. The van der Waals surface area contributed by atoms with Gasteiger partial charge in [0.1, 0.15) is 0 Å². The molecule has 1 N–H and O–H groups in total. The largest absolute Gasteiger partial charge is 0.417 e. The summed E-state index contributed by atoms with van der Waals surface area (Å²) in [6, 6.07) is 21.4. The smallest absolute Gasteiger partial charge is 0.325 e. The van der Waals surface area contributed by atoms with Gasteiger partial charge in [0.15, 0.2) is 0 Å². The molecule has 3 rings (SSSR count). The first-order valence-electron chi connectivity index (χ1n) is 8.14. The van der Waals surface area contributed by atoms with Crippen molar-refractivity contribution in [3.8, 4) is 0 Å². The standard InChI is InChI=1S/C21H15ClF3NO/c22-18-12-11-16(13-17(18)21(23,24)25)26-20(27)19(14-7-3-1-4-8-14)15-9-5-2-6-10-15/h1-13,19H,(H,26,27). The fourth-order valence-corrected chi connectivity index (χ4v) is 3.05. The van der Waals surface area contributed by atoms with Gasteiger partial charge in [-0.3, -0.25) is 4.79 Å². The molecule has 0 aromatic heterocycles. The van der Waals surface area contributed by atoms with Crippen LogP contribution in [0.4, 0.5) is 18.9 Å². The van der Waals surface area contributed by atoms with Crippen molar-refractivity contribution in [3.05, 3.63) is 101 Å². The van der Waals surface area contributed by atoms with Gasteiger partial charge >= 0.3 is 6.18 Å². The first-order chi connectivity index (χ1) is 12.9. The number of amides is 1. The predicted octanol–water partition coefficient (Wildman–Crippen LogP) is 6.13. The van der Waals surface area contributed by atoms with Gasteiger partial charge in [0.25, 0.3) is 0 Å². The molecule has 0 aliphatic rings. The molecule has 138 valence electrons. The lowest BCUT2D eigenvalue weighted by molar-refractivity contribution is -0.137. The van der Waals surface area contributed by atoms with Gasteiger partial charge < -0.3 is 5.32 Å². The monoisotopic (exact) mass is 389 g/mol. The van der Waals surface area contributed by atoms with E-state index in [1.54, 1.807) is 24.3 Å². The van der Waals surface area contributed by atoms with Crippen LogP contribution in [0.15, 0.2) is 78.9 Å². The van der Waals surface area contributed by atoms with Crippen LogP contribution >= 0.6 is 11.6 Å². The number of anilines is 1. The maximum atomic E-state index is 13.1. The fourth-order valence-electron chi connectivity index (χ4n) is 2.82. The Labute approximate surface area is 159 Å². The topological polar surface area (TPSA) is 29.1 Å². The van der Waals surface area contributed by atoms with Crippen LogP contribution in [-0.2, 0) is 11.0 Å². The molecule has 1 amide bonds. The number of rotatable bonds is 4. The maximum Gasteiger partial charge on any atom is 0.417 e. The minimum absolute atomic E-state index is 0.0357. The molecule has 0 spiro atoms. The average molecular weight is 390 g/mol. The molecule has 0 aliphatic carbocycles. The summed E-state index contributed by atoms with van der Waals surface area (Å²) >= 11 is 5.64. The number of halogens is 4. The van der Waals surface area contributed by atoms with E-state index in [9.17, 15) is 18.0 Å². The Morgan fingerprint density at radius 3 is 1.85 bits per heavy atom. The van der Waals surface area contributed by atoms with E-state index in [1.807, 2.05) is 36.4 Å². The lowest BCUT2D eigenvalue weighted by Gasteiger charge is -2.19. The minimum atomic E-state index is -4.60. The summed E-state index contributed by atoms with van der Waals surface area (Å²) < 4.78 is 39.2. The van der Waals surface area contributed by atoms with Crippen LogP contribution in [0, 0.1) is 0 Å². The molecular weight excluding hydrogens is 375 g/mol. The number of carbonyl (C=O) groups excluding carboxylic acids is 1. The van der Waals surface area contributed by atoms with E-state index in [1.165, 1.54) is 6.07 Å². The zero-order chi connectivity index (χ0) is 19.4. The molecule has 3 aromatic carbocycles. The average Bonchev–Trinajstić information content (AvgIpc) is 2.64. The van der Waals surface area contributed by atoms with Crippen LogP contribution in [0.3, 0.4) is 0 Å². The number of benzene rings is 3. The van der Waals surface area contributed by atoms with Crippen molar-refractivity contribution in [1.82, 2.24) is 0 Å². The summed E-state index contributed by atoms with van der Waals surface area (Å²) in [5, 5.41) is 2.17. The summed E-state index contributed by atoms with van der Waals surface area (Å²) in [7, 11) is 0. The Morgan fingerprint density at radius 1 is 0.852 bits per heavy atom. The second-order valence-corrected chi connectivity index (χ2v) is 6.34. The van der Waals surface area contributed by atoms with Crippen molar-refractivity contribution in [3.63, 3.8) is 0 Å². The molecule has 2 nitrogen and oxygen atoms in total. The Morgan fingerprint density at radius 2 is 1.37 bits per heavy atom. The molecule has 0 unspecified atom stereocenters. The fraction of sp³-hybridized carbons (Fsp3) is 0.0952. The van der Waals surface area contributed by atoms with Gasteiger partial charge in [-0.15, -0.1) is 0 Å². The van der Waals surface area contributed by atoms with Crippen LogP contribution in [0.5, 0.6) is 0 Å². The lowest BCUT2D eigenvalue weighted by Crippen LogP contribution is -2.22. The van der Waals surface area contributed by atoms with E-state index in [0.717, 1.165) is 23.3 Å². The van der Waals surface area contributed by atoms with Crippen molar-refractivity contribution in [2.45, 2.75) is 12.1 Å². The van der Waals surface area contributed by atoms with Crippen molar-refractivity contribution in [1.29, 1.82) is 0 Å². The number of carbonyl (C=O) groups is 1. The Hall–Kier alpha value is -2.79. The molecular formula is C21H15ClF3NO. The van der Waals surface area contributed by atoms with E-state index in [2.05, 4.69) is 5.32 Å². The van der Waals surface area contributed by atoms with Crippen LogP contribution < -0.4 is 5.32 Å². The number of hydrogen-bond acceptors (Lipinski definition) is 1. The molecule has 6 heteroatoms. The highest BCUT2D eigenvalue weighted by molar-refractivity contribution is 6.31. The van der Waals surface area contributed by atoms with Crippen LogP contribution in [-0.4, -0.2) is 5.91 Å². The third-order valence-corrected chi connectivity index (χ3v) is 4.40. The van der Waals surface area contributed by atoms with E-state index in [4.69, 9.17) is 11.6 Å². The highest BCUT2D eigenvalue weighted by Gasteiger charge is 2.33. The molecule has 0 bridgehead atoms. The molecule has 0 radical (unpaired) electrons. The zero-order valence-electron chi connectivity index (χ0n) is 14.0. The summed E-state index contributed by atoms with van der Waals surface area (Å²) in [6.45, 7) is 0. The normalized spacial score (nSPS) is 11.4. The molecule has 0 heterocycles. The van der Waals surface area contributed by atoms with E-state index < -0.39 is 28.6 Å². The second kappa shape index (κ2) is 7.84. The SMILES string of the molecule is O=C(Nc1ccc(Cl)c(C(F)(F)F)c1)C(c1ccccc1)c1ccccc1. The zero-order valence-corrected chi connectivity index (χ0v) is 14.8. The minimum Gasteiger partial charge on any atom is -0.325 e. The van der Waals surface area contributed by atoms with Crippen LogP contribution in [0.1, 0.15) is 22.6 Å². The first kappa shape index (κ1) is 19.0. The van der Waals surface area contributed by atoms with Gasteiger partial charge in [0.2, 0.25) is 5.91 Å². The number of nitrogens with one attached hydrogen (secondary N) is 1. The highest BCUT2D eigenvalue weighted by Crippen LogP contribution is 2.36. The molecule has 0 saturated carbocycles. The van der Waals surface area contributed by atoms with Crippen LogP contribution in [0.25, 0.3) is 0 Å². The third kappa shape index (κ3) is 4.49. The molecule has 0 fully saturated rings. The summed E-state index contributed by atoms with van der Waals surface area (Å²) in [4.78, 5) is 12.9. The van der Waals surface area contributed by atoms with Gasteiger partial charge in [-0.25, -0.2) is 0 Å². The molecule has 27 heavy (non-hydrogen) atoms. The third-order valence-electron chi connectivity index (χ3n) is 4.07. The lowest BCUT2D eigenvalue weighted by atomic mass is 9.90. The summed E-state index contributed by atoms with van der Waals surface area (Å²) in [5.74, 6) is -1.08. The van der Waals surface area contributed by atoms with E-state index in [0.29, 0.717) is 0 Å². The van der Waals surface area contributed by atoms with Gasteiger partial charge in [-0.1, -0.05) is 72.3 Å². The van der Waals surface area contributed by atoms with Gasteiger partial charge in [-0.2, -0.15) is 13.2 Å². The Kier molecular flexibility index (Phi) is 5.51. The molecule has 3 aromatic rings.